The molecule has 2 rings (SSSR count). The Balaban J connectivity index is 2.36. The highest BCUT2D eigenvalue weighted by atomic mass is 32.2. The van der Waals surface area contributed by atoms with Gasteiger partial charge in [0.2, 0.25) is 10.0 Å². The lowest BCUT2D eigenvalue weighted by Crippen LogP contribution is -2.46. The van der Waals surface area contributed by atoms with Gasteiger partial charge in [-0.3, -0.25) is 0 Å². The van der Waals surface area contributed by atoms with Crippen molar-refractivity contribution < 1.29 is 13.2 Å². The van der Waals surface area contributed by atoms with Crippen molar-refractivity contribution in [2.24, 2.45) is 0 Å². The molecule has 1 aliphatic heterocycles. The molecule has 1 saturated heterocycles. The van der Waals surface area contributed by atoms with Gasteiger partial charge in [0.15, 0.2) is 0 Å². The van der Waals surface area contributed by atoms with Crippen LogP contribution in [0.5, 0.6) is 0 Å². The number of anilines is 1. The van der Waals surface area contributed by atoms with E-state index in [4.69, 9.17) is 10.5 Å². The van der Waals surface area contributed by atoms with E-state index < -0.39 is 10.0 Å². The smallest absolute Gasteiger partial charge is 0.243 e. The Kier molecular flexibility index (Phi) is 4.13. The van der Waals surface area contributed by atoms with Crippen molar-refractivity contribution >= 4 is 15.7 Å². The third-order valence-electron chi connectivity index (χ3n) is 3.41. The molecular formula is C13H20N2O3S. The van der Waals surface area contributed by atoms with E-state index >= 15 is 0 Å². The maximum atomic E-state index is 12.6. The molecule has 1 fully saturated rings. The SMILES string of the molecule is CCc1ccc(S(=O)(=O)N2CCOC[C@H]2C)cc1N. The van der Waals surface area contributed by atoms with Crippen molar-refractivity contribution in [2.75, 3.05) is 25.5 Å². The standard InChI is InChI=1S/C13H20N2O3S/c1-3-11-4-5-12(8-13(11)14)19(16,17)15-6-7-18-9-10(15)2/h4-5,8,10H,3,6-7,9,14H2,1-2H3/t10-/m1/s1. The number of hydrogen-bond donors (Lipinski definition) is 1. The molecule has 106 valence electrons. The normalized spacial score (nSPS) is 21.5. The summed E-state index contributed by atoms with van der Waals surface area (Å²) in [4.78, 5) is 0.260. The lowest BCUT2D eigenvalue weighted by Gasteiger charge is -2.32. The van der Waals surface area contributed by atoms with Gasteiger partial charge in [0.1, 0.15) is 0 Å². The van der Waals surface area contributed by atoms with Crippen molar-refractivity contribution in [2.45, 2.75) is 31.2 Å². The molecular weight excluding hydrogens is 264 g/mol. The molecule has 1 aromatic carbocycles. The summed E-state index contributed by atoms with van der Waals surface area (Å²) in [7, 11) is -3.49. The first-order valence-electron chi connectivity index (χ1n) is 6.44. The predicted octanol–water partition coefficient (Wildman–Crippen LogP) is 1.24. The zero-order valence-electron chi connectivity index (χ0n) is 11.3. The number of nitrogens with zero attached hydrogens (tertiary/aromatic N) is 1. The molecule has 0 aliphatic carbocycles. The second kappa shape index (κ2) is 5.48. The fourth-order valence-electron chi connectivity index (χ4n) is 2.26. The summed E-state index contributed by atoms with van der Waals surface area (Å²) in [5.74, 6) is 0. The number of aryl methyl sites for hydroxylation is 1. The molecule has 0 bridgehead atoms. The fourth-order valence-corrected chi connectivity index (χ4v) is 3.90. The monoisotopic (exact) mass is 284 g/mol. The number of benzene rings is 1. The molecule has 0 aromatic heterocycles. The second-order valence-electron chi connectivity index (χ2n) is 4.75. The van der Waals surface area contributed by atoms with Gasteiger partial charge in [-0.25, -0.2) is 8.42 Å². The van der Waals surface area contributed by atoms with Crippen molar-refractivity contribution in [1.82, 2.24) is 4.31 Å². The Morgan fingerprint density at radius 2 is 2.21 bits per heavy atom. The average molecular weight is 284 g/mol. The van der Waals surface area contributed by atoms with Gasteiger partial charge < -0.3 is 10.5 Å². The van der Waals surface area contributed by atoms with Crippen LogP contribution in [0.3, 0.4) is 0 Å². The van der Waals surface area contributed by atoms with Gasteiger partial charge in [-0.15, -0.1) is 0 Å². The van der Waals surface area contributed by atoms with Crippen LogP contribution < -0.4 is 5.73 Å². The summed E-state index contributed by atoms with van der Waals surface area (Å²) in [6.45, 7) is 5.09. The van der Waals surface area contributed by atoms with Crippen LogP contribution in [0.4, 0.5) is 5.69 Å². The van der Waals surface area contributed by atoms with Crippen LogP contribution in [0, 0.1) is 0 Å². The number of nitrogens with two attached hydrogens (primary N) is 1. The number of sulfonamides is 1. The largest absolute Gasteiger partial charge is 0.398 e. The highest BCUT2D eigenvalue weighted by Crippen LogP contribution is 2.24. The molecule has 5 nitrogen and oxygen atoms in total. The minimum absolute atomic E-state index is 0.147. The van der Waals surface area contributed by atoms with Crippen LogP contribution in [0.2, 0.25) is 0 Å². The highest BCUT2D eigenvalue weighted by molar-refractivity contribution is 7.89. The van der Waals surface area contributed by atoms with Gasteiger partial charge in [-0.05, 0) is 31.0 Å². The Labute approximate surface area is 114 Å². The number of hydrogen-bond acceptors (Lipinski definition) is 4. The minimum Gasteiger partial charge on any atom is -0.398 e. The Morgan fingerprint density at radius 3 is 2.79 bits per heavy atom. The van der Waals surface area contributed by atoms with Gasteiger partial charge in [0, 0.05) is 18.3 Å². The zero-order valence-corrected chi connectivity index (χ0v) is 12.1. The quantitative estimate of drug-likeness (QED) is 0.848. The van der Waals surface area contributed by atoms with Gasteiger partial charge in [0.25, 0.3) is 0 Å². The van der Waals surface area contributed by atoms with Gasteiger partial charge >= 0.3 is 0 Å². The van der Waals surface area contributed by atoms with E-state index in [9.17, 15) is 8.42 Å². The Hall–Kier alpha value is -1.11. The molecule has 6 heteroatoms. The Bertz CT molecular complexity index is 557. The molecule has 1 aliphatic rings. The third kappa shape index (κ3) is 2.75. The molecule has 19 heavy (non-hydrogen) atoms. The first kappa shape index (κ1) is 14.3. The summed E-state index contributed by atoms with van der Waals surface area (Å²) in [5, 5.41) is 0. The molecule has 1 heterocycles. The molecule has 0 amide bonds. The van der Waals surface area contributed by atoms with Crippen molar-refractivity contribution in [3.8, 4) is 0 Å². The van der Waals surface area contributed by atoms with E-state index in [0.29, 0.717) is 25.4 Å². The van der Waals surface area contributed by atoms with E-state index in [0.717, 1.165) is 12.0 Å². The molecule has 1 atom stereocenters. The molecule has 0 radical (unpaired) electrons. The summed E-state index contributed by atoms with van der Waals surface area (Å²) in [5.41, 5.74) is 7.38. The number of nitrogen functional groups attached to an aromatic ring is 1. The van der Waals surface area contributed by atoms with Gasteiger partial charge in [-0.1, -0.05) is 13.0 Å². The lowest BCUT2D eigenvalue weighted by atomic mass is 10.1. The molecule has 0 spiro atoms. The van der Waals surface area contributed by atoms with Crippen LogP contribution in [0.1, 0.15) is 19.4 Å². The van der Waals surface area contributed by atoms with Gasteiger partial charge in [0.05, 0.1) is 18.1 Å². The average Bonchev–Trinajstić information content (AvgIpc) is 2.39. The van der Waals surface area contributed by atoms with Crippen molar-refractivity contribution in [1.29, 1.82) is 0 Å². The van der Waals surface area contributed by atoms with E-state index in [1.807, 2.05) is 13.8 Å². The van der Waals surface area contributed by atoms with Gasteiger partial charge in [-0.2, -0.15) is 4.31 Å². The van der Waals surface area contributed by atoms with Crippen LogP contribution in [-0.2, 0) is 21.2 Å². The number of ether oxygens (including phenoxy) is 1. The number of rotatable bonds is 3. The predicted molar refractivity (Wildman–Crippen MR) is 74.4 cm³/mol. The summed E-state index contributed by atoms with van der Waals surface area (Å²) < 4.78 is 31.9. The number of morpholine rings is 1. The third-order valence-corrected chi connectivity index (χ3v) is 5.42. The second-order valence-corrected chi connectivity index (χ2v) is 6.64. The van der Waals surface area contributed by atoms with E-state index in [1.54, 1.807) is 18.2 Å². The van der Waals surface area contributed by atoms with Crippen molar-refractivity contribution in [3.63, 3.8) is 0 Å². The van der Waals surface area contributed by atoms with Crippen LogP contribution in [0.25, 0.3) is 0 Å². The summed E-state index contributed by atoms with van der Waals surface area (Å²) in [6.07, 6.45) is 0.792. The molecule has 1 aromatic rings. The lowest BCUT2D eigenvalue weighted by molar-refractivity contribution is 0.0393. The van der Waals surface area contributed by atoms with Crippen LogP contribution >= 0.6 is 0 Å². The topological polar surface area (TPSA) is 72.6 Å². The first-order valence-corrected chi connectivity index (χ1v) is 7.88. The van der Waals surface area contributed by atoms with E-state index in [2.05, 4.69) is 0 Å². The molecule has 0 saturated carbocycles. The molecule has 2 N–H and O–H groups in total. The van der Waals surface area contributed by atoms with Crippen LogP contribution in [-0.4, -0.2) is 38.5 Å². The minimum atomic E-state index is -3.49. The summed E-state index contributed by atoms with van der Waals surface area (Å²) >= 11 is 0. The molecule has 0 unspecified atom stereocenters. The maximum absolute atomic E-state index is 12.6. The maximum Gasteiger partial charge on any atom is 0.243 e. The Morgan fingerprint density at radius 1 is 1.47 bits per heavy atom. The summed E-state index contributed by atoms with van der Waals surface area (Å²) in [6, 6.07) is 4.82. The highest BCUT2D eigenvalue weighted by Gasteiger charge is 2.31. The first-order chi connectivity index (χ1) is 8.96. The van der Waals surface area contributed by atoms with E-state index in [-0.39, 0.29) is 10.9 Å². The van der Waals surface area contributed by atoms with E-state index in [1.165, 1.54) is 4.31 Å². The van der Waals surface area contributed by atoms with Crippen LogP contribution in [0.15, 0.2) is 23.1 Å². The zero-order chi connectivity index (χ0) is 14.0. The van der Waals surface area contributed by atoms with Crippen molar-refractivity contribution in [3.05, 3.63) is 23.8 Å². The fraction of sp³-hybridized carbons (Fsp3) is 0.538.